The summed E-state index contributed by atoms with van der Waals surface area (Å²) in [5.74, 6) is -0.0665. The quantitative estimate of drug-likeness (QED) is 0.239. The number of carbonyl (C=O) groups is 1. The zero-order chi connectivity index (χ0) is 26.1. The second-order valence-electron chi connectivity index (χ2n) is 8.16. The van der Waals surface area contributed by atoms with Crippen LogP contribution in [0, 0.1) is 0 Å². The van der Waals surface area contributed by atoms with Gasteiger partial charge in [0.25, 0.3) is 15.9 Å². The Bertz CT molecular complexity index is 1240. The zero-order valence-corrected chi connectivity index (χ0v) is 22.7. The minimum absolute atomic E-state index is 0.123. The van der Waals surface area contributed by atoms with Crippen LogP contribution in [-0.2, 0) is 10.0 Å². The normalized spacial score (nSPS) is 11.2. The lowest BCUT2D eigenvalue weighted by atomic mass is 10.2. The molecule has 0 fully saturated rings. The highest BCUT2D eigenvalue weighted by molar-refractivity contribution is 7.92. The van der Waals surface area contributed by atoms with Crippen molar-refractivity contribution in [1.82, 2.24) is 0 Å². The molecule has 0 bridgehead atoms. The van der Waals surface area contributed by atoms with Gasteiger partial charge in [-0.1, -0.05) is 67.6 Å². The van der Waals surface area contributed by atoms with E-state index in [-0.39, 0.29) is 27.0 Å². The molecule has 1 N–H and O–H groups in total. The van der Waals surface area contributed by atoms with Crippen molar-refractivity contribution >= 4 is 50.5 Å². The number of para-hydroxylation sites is 1. The van der Waals surface area contributed by atoms with E-state index in [4.69, 9.17) is 27.9 Å². The molecule has 0 aromatic heterocycles. The van der Waals surface area contributed by atoms with Crippen molar-refractivity contribution < 1.29 is 17.9 Å². The highest BCUT2D eigenvalue weighted by atomic mass is 35.5. The highest BCUT2D eigenvalue weighted by Crippen LogP contribution is 2.35. The molecule has 0 radical (unpaired) electrons. The number of sulfonamides is 1. The standard InChI is InChI=1S/C27H30Cl2N2O4S/c1-3-5-6-10-17-35-26-24(28)18-20(19-25(26)29)27(32)30-21-13-15-23(16-14-21)36(33,34)31(4-2)22-11-8-7-9-12-22/h7-9,11-16,18-19H,3-6,10,17H2,1-2H3,(H,30,32). The largest absolute Gasteiger partial charge is 0.490 e. The monoisotopic (exact) mass is 548 g/mol. The second-order valence-corrected chi connectivity index (χ2v) is 10.8. The molecule has 6 nitrogen and oxygen atoms in total. The Kier molecular flexibility index (Phi) is 10.0. The number of carbonyl (C=O) groups excluding carboxylic acids is 1. The summed E-state index contributed by atoms with van der Waals surface area (Å²) in [7, 11) is -3.76. The molecule has 0 spiro atoms. The van der Waals surface area contributed by atoms with Crippen molar-refractivity contribution in [2.24, 2.45) is 0 Å². The molecule has 0 unspecified atom stereocenters. The van der Waals surface area contributed by atoms with Gasteiger partial charge in [-0.2, -0.15) is 0 Å². The van der Waals surface area contributed by atoms with Crippen LogP contribution in [0.2, 0.25) is 10.0 Å². The fraction of sp³-hybridized carbons (Fsp3) is 0.296. The van der Waals surface area contributed by atoms with Crippen LogP contribution >= 0.6 is 23.2 Å². The molecule has 1 amide bonds. The van der Waals surface area contributed by atoms with Gasteiger partial charge in [0.15, 0.2) is 5.75 Å². The number of benzene rings is 3. The van der Waals surface area contributed by atoms with Crippen LogP contribution in [0.15, 0.2) is 71.6 Å². The van der Waals surface area contributed by atoms with Crippen LogP contribution in [0.3, 0.4) is 0 Å². The molecule has 9 heteroatoms. The van der Waals surface area contributed by atoms with E-state index in [2.05, 4.69) is 12.2 Å². The second kappa shape index (κ2) is 13.0. The number of anilines is 2. The third-order valence-corrected chi connectivity index (χ3v) is 8.02. The first-order valence-electron chi connectivity index (χ1n) is 11.9. The molecule has 3 aromatic rings. The van der Waals surface area contributed by atoms with Gasteiger partial charge in [-0.25, -0.2) is 8.42 Å². The van der Waals surface area contributed by atoms with E-state index >= 15 is 0 Å². The highest BCUT2D eigenvalue weighted by Gasteiger charge is 2.23. The minimum Gasteiger partial charge on any atom is -0.490 e. The third kappa shape index (κ3) is 6.93. The van der Waals surface area contributed by atoms with Gasteiger partial charge in [0, 0.05) is 17.8 Å². The molecule has 0 saturated heterocycles. The Morgan fingerprint density at radius 3 is 2.14 bits per heavy atom. The van der Waals surface area contributed by atoms with Crippen LogP contribution in [0.5, 0.6) is 5.75 Å². The molecular weight excluding hydrogens is 519 g/mol. The fourth-order valence-electron chi connectivity index (χ4n) is 3.66. The van der Waals surface area contributed by atoms with Crippen molar-refractivity contribution in [3.8, 4) is 5.75 Å². The van der Waals surface area contributed by atoms with Crippen LogP contribution in [0.1, 0.15) is 49.9 Å². The van der Waals surface area contributed by atoms with E-state index in [1.54, 1.807) is 43.3 Å². The Morgan fingerprint density at radius 1 is 0.917 bits per heavy atom. The maximum atomic E-state index is 13.1. The third-order valence-electron chi connectivity index (χ3n) is 5.54. The Morgan fingerprint density at radius 2 is 1.56 bits per heavy atom. The van der Waals surface area contributed by atoms with Crippen molar-refractivity contribution in [2.75, 3.05) is 22.8 Å². The number of rotatable bonds is 12. The average molecular weight is 550 g/mol. The number of nitrogens with one attached hydrogen (secondary N) is 1. The molecule has 0 saturated carbocycles. The first kappa shape index (κ1) is 27.8. The Hall–Kier alpha value is -2.74. The molecule has 0 atom stereocenters. The van der Waals surface area contributed by atoms with Crippen molar-refractivity contribution in [2.45, 2.75) is 44.4 Å². The average Bonchev–Trinajstić information content (AvgIpc) is 2.86. The van der Waals surface area contributed by atoms with Gasteiger partial charge in [-0.3, -0.25) is 9.10 Å². The number of nitrogens with zero attached hydrogens (tertiary/aromatic N) is 1. The molecule has 192 valence electrons. The first-order chi connectivity index (χ1) is 17.3. The van der Waals surface area contributed by atoms with Gasteiger partial charge in [-0.15, -0.1) is 0 Å². The molecule has 36 heavy (non-hydrogen) atoms. The summed E-state index contributed by atoms with van der Waals surface area (Å²) >= 11 is 12.7. The number of hydrogen-bond donors (Lipinski definition) is 1. The maximum absolute atomic E-state index is 13.1. The van der Waals surface area contributed by atoms with Gasteiger partial charge in [0.05, 0.1) is 27.2 Å². The predicted molar refractivity (Wildman–Crippen MR) is 147 cm³/mol. The first-order valence-corrected chi connectivity index (χ1v) is 14.1. The molecule has 0 heterocycles. The van der Waals surface area contributed by atoms with E-state index in [0.29, 0.717) is 23.7 Å². The van der Waals surface area contributed by atoms with Crippen molar-refractivity contribution in [3.05, 3.63) is 82.3 Å². The van der Waals surface area contributed by atoms with Gasteiger partial charge < -0.3 is 10.1 Å². The number of ether oxygens (including phenoxy) is 1. The van der Waals surface area contributed by atoms with Gasteiger partial charge in [0.2, 0.25) is 0 Å². The summed E-state index contributed by atoms with van der Waals surface area (Å²) in [4.78, 5) is 12.9. The van der Waals surface area contributed by atoms with E-state index in [1.807, 2.05) is 6.07 Å². The predicted octanol–water partition coefficient (Wildman–Crippen LogP) is 7.42. The number of unbranched alkanes of at least 4 members (excludes halogenated alkanes) is 3. The summed E-state index contributed by atoms with van der Waals surface area (Å²) in [6.07, 6.45) is 4.24. The van der Waals surface area contributed by atoms with Gasteiger partial charge in [-0.05, 0) is 61.9 Å². The molecule has 0 aliphatic carbocycles. The summed E-state index contributed by atoms with van der Waals surface area (Å²) in [6.45, 7) is 4.70. The number of halogens is 2. The lowest BCUT2D eigenvalue weighted by Gasteiger charge is -2.23. The topological polar surface area (TPSA) is 75.7 Å². The summed E-state index contributed by atoms with van der Waals surface area (Å²) in [6, 6.07) is 17.9. The SMILES string of the molecule is CCCCCCOc1c(Cl)cc(C(=O)Nc2ccc(S(=O)(=O)N(CC)c3ccccc3)cc2)cc1Cl. The number of hydrogen-bond acceptors (Lipinski definition) is 4. The minimum atomic E-state index is -3.76. The molecule has 0 aliphatic rings. The van der Waals surface area contributed by atoms with Crippen LogP contribution in [-0.4, -0.2) is 27.5 Å². The van der Waals surface area contributed by atoms with Crippen LogP contribution in [0.4, 0.5) is 11.4 Å². The van der Waals surface area contributed by atoms with Crippen molar-refractivity contribution in [1.29, 1.82) is 0 Å². The Balaban J connectivity index is 1.69. The van der Waals surface area contributed by atoms with E-state index in [9.17, 15) is 13.2 Å². The zero-order valence-electron chi connectivity index (χ0n) is 20.3. The summed E-state index contributed by atoms with van der Waals surface area (Å²) in [5, 5.41) is 3.26. The van der Waals surface area contributed by atoms with Gasteiger partial charge >= 0.3 is 0 Å². The van der Waals surface area contributed by atoms with E-state index < -0.39 is 15.9 Å². The molecular formula is C27H30Cl2N2O4S. The maximum Gasteiger partial charge on any atom is 0.264 e. The van der Waals surface area contributed by atoms with Crippen LogP contribution < -0.4 is 14.4 Å². The summed E-state index contributed by atoms with van der Waals surface area (Å²) in [5.41, 5.74) is 1.28. The molecule has 0 aliphatic heterocycles. The number of amides is 1. The fourth-order valence-corrected chi connectivity index (χ4v) is 5.73. The smallest absolute Gasteiger partial charge is 0.264 e. The lowest BCUT2D eigenvalue weighted by molar-refractivity contribution is 0.102. The molecule has 3 rings (SSSR count). The molecule has 3 aromatic carbocycles. The summed E-state index contributed by atoms with van der Waals surface area (Å²) < 4.78 is 33.3. The van der Waals surface area contributed by atoms with E-state index in [1.165, 1.54) is 28.6 Å². The van der Waals surface area contributed by atoms with Crippen molar-refractivity contribution in [3.63, 3.8) is 0 Å². The van der Waals surface area contributed by atoms with E-state index in [0.717, 1.165) is 25.7 Å². The Labute approximate surface area is 223 Å². The van der Waals surface area contributed by atoms with Gasteiger partial charge in [0.1, 0.15) is 0 Å². The lowest BCUT2D eigenvalue weighted by Crippen LogP contribution is -2.30. The van der Waals surface area contributed by atoms with Crippen LogP contribution in [0.25, 0.3) is 0 Å².